The van der Waals surface area contributed by atoms with E-state index in [1.165, 1.54) is 56.7 Å². The minimum Gasteiger partial charge on any atom is -0.349 e. The van der Waals surface area contributed by atoms with Crippen LogP contribution in [0.1, 0.15) is 75.9 Å². The average Bonchev–Trinajstić information content (AvgIpc) is 2.74. The Kier molecular flexibility index (Phi) is 6.84. The Labute approximate surface area is 181 Å². The molecule has 1 aromatic carbocycles. The number of nitrogens with zero attached hydrogens (tertiary/aromatic N) is 1. The number of hydrogen-bond donors (Lipinski definition) is 2. The SMILES string of the molecule is CC(=O)c1ccc(C(=O)NS(=O)(=O)c2ccc(C(=O)NC3CCCCC3)cc2)c(C)n1. The van der Waals surface area contributed by atoms with Crippen molar-refractivity contribution in [3.05, 3.63) is 58.9 Å². The summed E-state index contributed by atoms with van der Waals surface area (Å²) in [7, 11) is -4.15. The summed E-state index contributed by atoms with van der Waals surface area (Å²) in [4.78, 5) is 40.1. The van der Waals surface area contributed by atoms with Crippen molar-refractivity contribution < 1.29 is 22.8 Å². The predicted octanol–water partition coefficient (Wildman–Crippen LogP) is 2.77. The molecule has 0 spiro atoms. The van der Waals surface area contributed by atoms with E-state index in [-0.39, 0.29) is 39.6 Å². The molecule has 2 aromatic rings. The van der Waals surface area contributed by atoms with Crippen molar-refractivity contribution in [3.8, 4) is 0 Å². The zero-order valence-corrected chi connectivity index (χ0v) is 18.3. The van der Waals surface area contributed by atoms with Crippen molar-refractivity contribution in [1.29, 1.82) is 0 Å². The second-order valence-corrected chi connectivity index (χ2v) is 9.34. The molecular formula is C22H25N3O5S. The molecule has 0 radical (unpaired) electrons. The molecule has 0 bridgehead atoms. The highest BCUT2D eigenvalue weighted by molar-refractivity contribution is 7.90. The van der Waals surface area contributed by atoms with Crippen LogP contribution in [0.25, 0.3) is 0 Å². The van der Waals surface area contributed by atoms with Crippen LogP contribution in [-0.4, -0.2) is 37.0 Å². The summed E-state index contributed by atoms with van der Waals surface area (Å²) in [5, 5.41) is 2.98. The summed E-state index contributed by atoms with van der Waals surface area (Å²) in [6.07, 6.45) is 5.27. The van der Waals surface area contributed by atoms with Crippen LogP contribution in [0.4, 0.5) is 0 Å². The van der Waals surface area contributed by atoms with Crippen LogP contribution in [0.3, 0.4) is 0 Å². The number of carbonyl (C=O) groups is 3. The summed E-state index contributed by atoms with van der Waals surface area (Å²) in [5.74, 6) is -1.35. The largest absolute Gasteiger partial charge is 0.349 e. The van der Waals surface area contributed by atoms with Gasteiger partial charge < -0.3 is 5.32 Å². The van der Waals surface area contributed by atoms with Crippen LogP contribution in [0, 0.1) is 6.92 Å². The molecule has 9 heteroatoms. The van der Waals surface area contributed by atoms with E-state index in [1.54, 1.807) is 0 Å². The normalized spacial score (nSPS) is 14.6. The van der Waals surface area contributed by atoms with Gasteiger partial charge >= 0.3 is 0 Å². The fourth-order valence-electron chi connectivity index (χ4n) is 3.53. The quantitative estimate of drug-likeness (QED) is 0.662. The lowest BCUT2D eigenvalue weighted by atomic mass is 9.95. The van der Waals surface area contributed by atoms with Crippen molar-refractivity contribution in [2.75, 3.05) is 0 Å². The summed E-state index contributed by atoms with van der Waals surface area (Å²) < 4.78 is 27.2. The molecular weight excluding hydrogens is 418 g/mol. The lowest BCUT2D eigenvalue weighted by Crippen LogP contribution is -2.36. The fraction of sp³-hybridized carbons (Fsp3) is 0.364. The average molecular weight is 444 g/mol. The molecule has 0 aliphatic heterocycles. The van der Waals surface area contributed by atoms with Gasteiger partial charge in [0.2, 0.25) is 0 Å². The molecule has 1 fully saturated rings. The summed E-state index contributed by atoms with van der Waals surface area (Å²) in [5.41, 5.74) is 0.849. The zero-order chi connectivity index (χ0) is 22.6. The van der Waals surface area contributed by atoms with E-state index < -0.39 is 15.9 Å². The number of pyridine rings is 1. The van der Waals surface area contributed by atoms with Crippen LogP contribution >= 0.6 is 0 Å². The van der Waals surface area contributed by atoms with Crippen LogP contribution in [-0.2, 0) is 10.0 Å². The van der Waals surface area contributed by atoms with E-state index >= 15 is 0 Å². The van der Waals surface area contributed by atoms with Gasteiger partial charge in [-0.05, 0) is 56.2 Å². The highest BCUT2D eigenvalue weighted by atomic mass is 32.2. The maximum Gasteiger partial charge on any atom is 0.266 e. The van der Waals surface area contributed by atoms with Gasteiger partial charge in [-0.3, -0.25) is 14.4 Å². The van der Waals surface area contributed by atoms with E-state index in [4.69, 9.17) is 0 Å². The number of carbonyl (C=O) groups excluding carboxylic acids is 3. The molecule has 2 N–H and O–H groups in total. The van der Waals surface area contributed by atoms with Gasteiger partial charge in [-0.15, -0.1) is 0 Å². The molecule has 3 rings (SSSR count). The Morgan fingerprint density at radius 1 is 0.935 bits per heavy atom. The third kappa shape index (κ3) is 5.55. The van der Waals surface area contributed by atoms with Crippen molar-refractivity contribution in [3.63, 3.8) is 0 Å². The second kappa shape index (κ2) is 9.38. The summed E-state index contributed by atoms with van der Waals surface area (Å²) >= 11 is 0. The van der Waals surface area contributed by atoms with Gasteiger partial charge in [-0.1, -0.05) is 19.3 Å². The molecule has 1 saturated carbocycles. The smallest absolute Gasteiger partial charge is 0.266 e. The Morgan fingerprint density at radius 3 is 2.16 bits per heavy atom. The number of ketones is 1. The number of sulfonamides is 1. The van der Waals surface area contributed by atoms with E-state index in [1.807, 2.05) is 4.72 Å². The molecule has 1 aliphatic carbocycles. The monoisotopic (exact) mass is 443 g/mol. The van der Waals surface area contributed by atoms with E-state index in [0.717, 1.165) is 25.7 Å². The van der Waals surface area contributed by atoms with E-state index in [9.17, 15) is 22.8 Å². The van der Waals surface area contributed by atoms with Crippen LogP contribution < -0.4 is 10.0 Å². The number of nitrogens with one attached hydrogen (secondary N) is 2. The van der Waals surface area contributed by atoms with Gasteiger partial charge in [0, 0.05) is 18.5 Å². The van der Waals surface area contributed by atoms with Gasteiger partial charge in [0.1, 0.15) is 5.69 Å². The predicted molar refractivity (Wildman–Crippen MR) is 114 cm³/mol. The molecule has 31 heavy (non-hydrogen) atoms. The van der Waals surface area contributed by atoms with E-state index in [2.05, 4.69) is 10.3 Å². The van der Waals surface area contributed by atoms with Crippen LogP contribution in [0.5, 0.6) is 0 Å². The lowest BCUT2D eigenvalue weighted by molar-refractivity contribution is 0.0925. The third-order valence-corrected chi connectivity index (χ3v) is 6.63. The first-order chi connectivity index (χ1) is 14.7. The van der Waals surface area contributed by atoms with Gasteiger partial charge in [-0.2, -0.15) is 0 Å². The highest BCUT2D eigenvalue weighted by Crippen LogP contribution is 2.18. The molecule has 1 heterocycles. The minimum absolute atomic E-state index is 0.0528. The third-order valence-electron chi connectivity index (χ3n) is 5.29. The fourth-order valence-corrected chi connectivity index (χ4v) is 4.50. The first-order valence-corrected chi connectivity index (χ1v) is 11.6. The Hall–Kier alpha value is -3.07. The van der Waals surface area contributed by atoms with Crippen LogP contribution in [0.15, 0.2) is 41.3 Å². The molecule has 0 atom stereocenters. The summed E-state index contributed by atoms with van der Waals surface area (Å²) in [6, 6.07) is 8.30. The maximum absolute atomic E-state index is 12.6. The Bertz CT molecular complexity index is 1100. The summed E-state index contributed by atoms with van der Waals surface area (Å²) in [6.45, 7) is 2.87. The minimum atomic E-state index is -4.15. The molecule has 8 nitrogen and oxygen atoms in total. The molecule has 1 aliphatic rings. The zero-order valence-electron chi connectivity index (χ0n) is 17.5. The van der Waals surface area contributed by atoms with Gasteiger partial charge in [0.15, 0.2) is 5.78 Å². The van der Waals surface area contributed by atoms with Crippen LogP contribution in [0.2, 0.25) is 0 Å². The van der Waals surface area contributed by atoms with E-state index in [0.29, 0.717) is 5.56 Å². The number of hydrogen-bond acceptors (Lipinski definition) is 6. The molecule has 164 valence electrons. The molecule has 1 aromatic heterocycles. The number of amides is 2. The second-order valence-electron chi connectivity index (χ2n) is 7.65. The van der Waals surface area contributed by atoms with Crippen molar-refractivity contribution in [1.82, 2.24) is 15.0 Å². The van der Waals surface area contributed by atoms with Gasteiger partial charge in [0.05, 0.1) is 16.2 Å². The molecule has 0 unspecified atom stereocenters. The number of rotatable bonds is 6. The maximum atomic E-state index is 12.6. The van der Waals surface area contributed by atoms with Gasteiger partial charge in [0.25, 0.3) is 21.8 Å². The standard InChI is InChI=1S/C22H25N3O5S/c1-14-19(12-13-20(23-14)15(2)26)22(28)25-31(29,30)18-10-8-16(9-11-18)21(27)24-17-6-4-3-5-7-17/h8-13,17H,3-7H2,1-2H3,(H,24,27)(H,25,28). The number of Topliss-reactive ketones (excluding diaryl/α,β-unsaturated/α-hetero) is 1. The number of benzene rings is 1. The van der Waals surface area contributed by atoms with Crippen molar-refractivity contribution in [2.45, 2.75) is 56.9 Å². The Morgan fingerprint density at radius 2 is 1.58 bits per heavy atom. The lowest BCUT2D eigenvalue weighted by Gasteiger charge is -2.22. The first-order valence-electron chi connectivity index (χ1n) is 10.1. The highest BCUT2D eigenvalue weighted by Gasteiger charge is 2.22. The first kappa shape index (κ1) is 22.6. The van der Waals surface area contributed by atoms with Crippen molar-refractivity contribution in [2.24, 2.45) is 0 Å². The molecule has 0 saturated heterocycles. The van der Waals surface area contributed by atoms with Crippen molar-refractivity contribution >= 4 is 27.6 Å². The number of aromatic nitrogens is 1. The van der Waals surface area contributed by atoms with Gasteiger partial charge in [-0.25, -0.2) is 18.1 Å². The topological polar surface area (TPSA) is 122 Å². The Balaban J connectivity index is 1.69. The number of aryl methyl sites for hydroxylation is 1. The molecule has 2 amide bonds.